The smallest absolute Gasteiger partial charge is 0.252 e. The number of hydrogen-bond acceptors (Lipinski definition) is 4. The number of ether oxygens (including phenoxy) is 1. The largest absolute Gasteiger partial charge is 0.497 e. The van der Waals surface area contributed by atoms with Crippen LogP contribution in [0.2, 0.25) is 5.02 Å². The Morgan fingerprint density at radius 2 is 1.94 bits per heavy atom. The van der Waals surface area contributed by atoms with E-state index in [0.29, 0.717) is 54.4 Å². The first-order valence-corrected chi connectivity index (χ1v) is 12.4. The number of halogens is 2. The van der Waals surface area contributed by atoms with Gasteiger partial charge in [0.25, 0.3) is 5.91 Å². The number of rotatable bonds is 7. The Hall–Kier alpha value is -2.64. The molecule has 0 spiro atoms. The molecule has 0 saturated carbocycles. The van der Waals surface area contributed by atoms with Crippen molar-refractivity contribution in [1.29, 1.82) is 0 Å². The minimum Gasteiger partial charge on any atom is -0.497 e. The van der Waals surface area contributed by atoms with Crippen LogP contribution in [0.15, 0.2) is 36.4 Å². The van der Waals surface area contributed by atoms with E-state index < -0.39 is 0 Å². The van der Waals surface area contributed by atoms with Crippen LogP contribution in [0, 0.1) is 11.7 Å². The SMILES string of the molecule is COc1ccc([C@@H]2CN(C(C)(C)C)C[C@H]2C(=O)NCCC[C@@H]2NC(=O)c3cc(Cl)ccc32)c(F)c1. The summed E-state index contributed by atoms with van der Waals surface area (Å²) in [5, 5.41) is 6.59. The highest BCUT2D eigenvalue weighted by molar-refractivity contribution is 6.31. The zero-order chi connectivity index (χ0) is 25.3. The first-order valence-electron chi connectivity index (χ1n) is 12.0. The highest BCUT2D eigenvalue weighted by atomic mass is 35.5. The molecular formula is C27H33ClFN3O3. The third kappa shape index (κ3) is 5.46. The van der Waals surface area contributed by atoms with E-state index in [1.807, 2.05) is 6.07 Å². The Bertz CT molecular complexity index is 1120. The van der Waals surface area contributed by atoms with Gasteiger partial charge in [0, 0.05) is 47.7 Å². The fraction of sp³-hybridized carbons (Fsp3) is 0.481. The molecule has 1 fully saturated rings. The lowest BCUT2D eigenvalue weighted by Gasteiger charge is -2.31. The van der Waals surface area contributed by atoms with Gasteiger partial charge < -0.3 is 15.4 Å². The lowest BCUT2D eigenvalue weighted by Crippen LogP contribution is -2.41. The molecule has 0 aliphatic carbocycles. The molecule has 8 heteroatoms. The summed E-state index contributed by atoms with van der Waals surface area (Å²) in [6.07, 6.45) is 1.41. The van der Waals surface area contributed by atoms with Crippen molar-refractivity contribution in [3.05, 3.63) is 63.9 Å². The van der Waals surface area contributed by atoms with Crippen LogP contribution in [0.1, 0.15) is 67.1 Å². The third-order valence-electron chi connectivity index (χ3n) is 7.12. The molecule has 0 bridgehead atoms. The first-order chi connectivity index (χ1) is 16.6. The van der Waals surface area contributed by atoms with Crippen molar-refractivity contribution in [2.24, 2.45) is 5.92 Å². The van der Waals surface area contributed by atoms with Crippen LogP contribution in [0.3, 0.4) is 0 Å². The summed E-state index contributed by atoms with van der Waals surface area (Å²) < 4.78 is 20.1. The van der Waals surface area contributed by atoms with Crippen molar-refractivity contribution < 1.29 is 18.7 Å². The van der Waals surface area contributed by atoms with E-state index in [2.05, 4.69) is 36.3 Å². The molecule has 6 nitrogen and oxygen atoms in total. The van der Waals surface area contributed by atoms with Crippen LogP contribution in [0.4, 0.5) is 4.39 Å². The predicted molar refractivity (Wildman–Crippen MR) is 134 cm³/mol. The number of hydrogen-bond donors (Lipinski definition) is 2. The van der Waals surface area contributed by atoms with Crippen LogP contribution < -0.4 is 15.4 Å². The standard InChI is InChI=1S/C27H33ClFN3O3/c1-27(2,3)32-14-21(18-10-8-17(35-4)13-23(18)29)22(15-32)25(33)30-11-5-6-24-19-9-7-16(28)12-20(19)26(34)31-24/h7-10,12-13,21-22,24H,5-6,11,14-15H2,1-4H3,(H,30,33)(H,31,34)/t21-,22+,24-/m0/s1. The van der Waals surface area contributed by atoms with Crippen molar-refractivity contribution in [1.82, 2.24) is 15.5 Å². The van der Waals surface area contributed by atoms with Gasteiger partial charge in [0.1, 0.15) is 11.6 Å². The molecule has 0 unspecified atom stereocenters. The molecule has 4 rings (SSSR count). The molecule has 1 saturated heterocycles. The molecule has 2 amide bonds. The van der Waals surface area contributed by atoms with Gasteiger partial charge in [-0.15, -0.1) is 0 Å². The van der Waals surface area contributed by atoms with Gasteiger partial charge in [-0.25, -0.2) is 4.39 Å². The zero-order valence-corrected chi connectivity index (χ0v) is 21.4. The second-order valence-electron chi connectivity index (χ2n) is 10.4. The van der Waals surface area contributed by atoms with Gasteiger partial charge in [0.05, 0.1) is 19.1 Å². The number of nitrogens with one attached hydrogen (secondary N) is 2. The summed E-state index contributed by atoms with van der Waals surface area (Å²) in [4.78, 5) is 27.7. The quantitative estimate of drug-likeness (QED) is 0.540. The lowest BCUT2D eigenvalue weighted by molar-refractivity contribution is -0.125. The number of methoxy groups -OCH3 is 1. The summed E-state index contributed by atoms with van der Waals surface area (Å²) in [6.45, 7) is 7.98. The van der Waals surface area contributed by atoms with E-state index in [-0.39, 0.29) is 41.0 Å². The van der Waals surface area contributed by atoms with E-state index in [4.69, 9.17) is 16.3 Å². The highest BCUT2D eigenvalue weighted by Gasteiger charge is 2.43. The molecule has 2 aromatic carbocycles. The van der Waals surface area contributed by atoms with Gasteiger partial charge in [0.15, 0.2) is 0 Å². The van der Waals surface area contributed by atoms with E-state index in [9.17, 15) is 14.0 Å². The van der Waals surface area contributed by atoms with Crippen LogP contribution >= 0.6 is 11.6 Å². The van der Waals surface area contributed by atoms with Crippen LogP contribution in [-0.4, -0.2) is 49.0 Å². The maximum absolute atomic E-state index is 14.9. The Morgan fingerprint density at radius 1 is 1.20 bits per heavy atom. The van der Waals surface area contributed by atoms with E-state index >= 15 is 0 Å². The predicted octanol–water partition coefficient (Wildman–Crippen LogP) is 4.68. The maximum atomic E-state index is 14.9. The summed E-state index contributed by atoms with van der Waals surface area (Å²) in [5.41, 5.74) is 1.97. The minimum absolute atomic E-state index is 0.0698. The van der Waals surface area contributed by atoms with Crippen molar-refractivity contribution in [3.8, 4) is 5.75 Å². The summed E-state index contributed by atoms with van der Waals surface area (Å²) in [6, 6.07) is 10.1. The molecule has 0 aromatic heterocycles. The molecule has 3 atom stereocenters. The fourth-order valence-corrected chi connectivity index (χ4v) is 5.26. The maximum Gasteiger partial charge on any atom is 0.252 e. The third-order valence-corrected chi connectivity index (χ3v) is 7.36. The van der Waals surface area contributed by atoms with Crippen molar-refractivity contribution in [2.75, 3.05) is 26.7 Å². The van der Waals surface area contributed by atoms with Gasteiger partial charge in [0.2, 0.25) is 5.91 Å². The van der Waals surface area contributed by atoms with Crippen molar-refractivity contribution >= 4 is 23.4 Å². The fourth-order valence-electron chi connectivity index (χ4n) is 5.09. The van der Waals surface area contributed by atoms with Gasteiger partial charge in [-0.3, -0.25) is 14.5 Å². The van der Waals surface area contributed by atoms with Crippen molar-refractivity contribution in [2.45, 2.75) is 51.1 Å². The van der Waals surface area contributed by atoms with Gasteiger partial charge in [-0.1, -0.05) is 23.7 Å². The molecule has 188 valence electrons. The normalized spacial score (nSPS) is 22.1. The molecule has 0 radical (unpaired) electrons. The van der Waals surface area contributed by atoms with Crippen LogP contribution in [0.5, 0.6) is 5.75 Å². The molecule has 2 N–H and O–H groups in total. The van der Waals surface area contributed by atoms with Gasteiger partial charge in [-0.05, 0) is 62.9 Å². The van der Waals surface area contributed by atoms with Gasteiger partial charge in [-0.2, -0.15) is 0 Å². The Kier molecular flexibility index (Phi) is 7.38. The van der Waals surface area contributed by atoms with Crippen LogP contribution in [-0.2, 0) is 4.79 Å². The number of carbonyl (C=O) groups excluding carboxylic acids is 2. The Balaban J connectivity index is 1.39. The lowest BCUT2D eigenvalue weighted by atomic mass is 9.88. The molecule has 2 aliphatic heterocycles. The molecule has 2 heterocycles. The number of likely N-dealkylation sites (tertiary alicyclic amines) is 1. The van der Waals surface area contributed by atoms with E-state index in [0.717, 1.165) is 5.56 Å². The Labute approximate surface area is 211 Å². The number of nitrogens with zero attached hydrogens (tertiary/aromatic N) is 1. The second-order valence-corrected chi connectivity index (χ2v) is 10.8. The number of benzene rings is 2. The van der Waals surface area contributed by atoms with Crippen molar-refractivity contribution in [3.63, 3.8) is 0 Å². The number of carbonyl (C=O) groups is 2. The second kappa shape index (κ2) is 10.2. The highest BCUT2D eigenvalue weighted by Crippen LogP contribution is 2.38. The van der Waals surface area contributed by atoms with E-state index in [1.165, 1.54) is 13.2 Å². The average Bonchev–Trinajstić information content (AvgIpc) is 3.38. The monoisotopic (exact) mass is 501 g/mol. The number of fused-ring (bicyclic) bond motifs is 1. The minimum atomic E-state index is -0.355. The molecule has 2 aliphatic rings. The molecule has 35 heavy (non-hydrogen) atoms. The molecular weight excluding hydrogens is 469 g/mol. The summed E-state index contributed by atoms with van der Waals surface area (Å²) in [5.74, 6) is -0.676. The summed E-state index contributed by atoms with van der Waals surface area (Å²) >= 11 is 6.02. The zero-order valence-electron chi connectivity index (χ0n) is 20.7. The number of amides is 2. The Morgan fingerprint density at radius 3 is 2.63 bits per heavy atom. The summed E-state index contributed by atoms with van der Waals surface area (Å²) in [7, 11) is 1.51. The van der Waals surface area contributed by atoms with E-state index in [1.54, 1.807) is 24.3 Å². The van der Waals surface area contributed by atoms with Gasteiger partial charge >= 0.3 is 0 Å². The first kappa shape index (κ1) is 25.5. The average molecular weight is 502 g/mol. The van der Waals surface area contributed by atoms with Crippen LogP contribution in [0.25, 0.3) is 0 Å². The topological polar surface area (TPSA) is 70.7 Å². The molecule has 2 aromatic rings.